The largest absolute Gasteiger partial charge is 0.404 e. The molecule has 0 bridgehead atoms. The van der Waals surface area contributed by atoms with Gasteiger partial charge >= 0.3 is 12.4 Å². The summed E-state index contributed by atoms with van der Waals surface area (Å²) >= 11 is 0. The zero-order valence-electron chi connectivity index (χ0n) is 18.4. The maximum atomic E-state index is 13.0. The summed E-state index contributed by atoms with van der Waals surface area (Å²) in [6, 6.07) is 9.97. The van der Waals surface area contributed by atoms with Crippen LogP contribution in [-0.2, 0) is 6.54 Å². The second-order valence-electron chi connectivity index (χ2n) is 8.34. The molecule has 1 heterocycles. The minimum absolute atomic E-state index is 0.252. The summed E-state index contributed by atoms with van der Waals surface area (Å²) in [6.45, 7) is 13.0. The van der Waals surface area contributed by atoms with Crippen molar-refractivity contribution >= 4 is 5.69 Å². The molecule has 0 spiro atoms. The first-order valence-electron chi connectivity index (χ1n) is 10.6. The molecule has 1 N–H and O–H groups in total. The lowest BCUT2D eigenvalue weighted by Gasteiger charge is -2.31. The molecule has 178 valence electrons. The Balaban J connectivity index is 1.86. The molecule has 0 aliphatic carbocycles. The Bertz CT molecular complexity index is 1010. The first kappa shape index (κ1) is 24.7. The van der Waals surface area contributed by atoms with Gasteiger partial charge in [0.25, 0.3) is 0 Å². The van der Waals surface area contributed by atoms with Gasteiger partial charge in [-0.15, -0.1) is 0 Å². The van der Waals surface area contributed by atoms with Crippen molar-refractivity contribution in [3.8, 4) is 0 Å². The lowest BCUT2D eigenvalue weighted by molar-refractivity contribution is -0.253. The number of anilines is 1. The fourth-order valence-electron chi connectivity index (χ4n) is 4.26. The summed E-state index contributed by atoms with van der Waals surface area (Å²) in [5.41, 5.74) is 4.29. The molecule has 0 aromatic heterocycles. The van der Waals surface area contributed by atoms with E-state index in [-0.39, 0.29) is 6.04 Å². The highest BCUT2D eigenvalue weighted by molar-refractivity contribution is 5.53. The summed E-state index contributed by atoms with van der Waals surface area (Å²) in [7, 11) is 0. The van der Waals surface area contributed by atoms with Gasteiger partial charge in [-0.25, -0.2) is 0 Å². The number of alkyl halides is 6. The maximum Gasteiger partial charge on any atom is 0.404 e. The number of nitrogens with one attached hydrogen (secondary N) is 1. The van der Waals surface area contributed by atoms with E-state index in [9.17, 15) is 26.3 Å². The summed E-state index contributed by atoms with van der Waals surface area (Å²) in [5.74, 6) is -3.53. The van der Waals surface area contributed by atoms with Crippen molar-refractivity contribution in [1.82, 2.24) is 4.90 Å². The van der Waals surface area contributed by atoms with E-state index in [1.54, 1.807) is 0 Å². The van der Waals surface area contributed by atoms with Crippen LogP contribution in [0.4, 0.5) is 32.0 Å². The van der Waals surface area contributed by atoms with E-state index in [1.807, 2.05) is 19.1 Å². The molecule has 0 fully saturated rings. The number of fused-ring (bicyclic) bond motifs is 1. The molecule has 2 nitrogen and oxygen atoms in total. The monoisotopic (exact) mass is 468 g/mol. The lowest BCUT2D eigenvalue weighted by Crippen LogP contribution is -2.34. The Labute approximate surface area is 189 Å². The average molecular weight is 468 g/mol. The SMILES string of the molecule is C=C(Nc1ccc(C(C(F)(F)F)C(F)(F)F)cc1)C1c2ccc(C)cc2CN1C(=C)CCC. The van der Waals surface area contributed by atoms with Crippen LogP contribution in [0.5, 0.6) is 0 Å². The third-order valence-corrected chi connectivity index (χ3v) is 5.72. The summed E-state index contributed by atoms with van der Waals surface area (Å²) in [5, 5.41) is 3.07. The Hall–Kier alpha value is -2.90. The molecule has 0 radical (unpaired) electrons. The summed E-state index contributed by atoms with van der Waals surface area (Å²) < 4.78 is 78.0. The van der Waals surface area contributed by atoms with E-state index in [0.29, 0.717) is 17.9 Å². The van der Waals surface area contributed by atoms with Crippen LogP contribution in [0, 0.1) is 6.92 Å². The average Bonchev–Trinajstić information content (AvgIpc) is 3.06. The number of hydrogen-bond acceptors (Lipinski definition) is 2. The van der Waals surface area contributed by atoms with E-state index in [2.05, 4.69) is 36.4 Å². The number of halogens is 6. The number of rotatable bonds is 7. The Morgan fingerprint density at radius 1 is 1.03 bits per heavy atom. The summed E-state index contributed by atoms with van der Waals surface area (Å²) in [6.07, 6.45) is -9.15. The van der Waals surface area contributed by atoms with Gasteiger partial charge in [-0.2, -0.15) is 26.3 Å². The topological polar surface area (TPSA) is 15.3 Å². The fraction of sp³-hybridized carbons (Fsp3) is 0.360. The van der Waals surface area contributed by atoms with Gasteiger partial charge in [-0.3, -0.25) is 0 Å². The highest BCUT2D eigenvalue weighted by Crippen LogP contribution is 2.47. The predicted octanol–water partition coefficient (Wildman–Crippen LogP) is 8.00. The molecule has 2 aromatic rings. The molecular formula is C25H26F6N2. The molecule has 1 atom stereocenters. The Morgan fingerprint density at radius 3 is 2.18 bits per heavy atom. The minimum atomic E-state index is -5.43. The molecule has 0 amide bonds. The van der Waals surface area contributed by atoms with E-state index in [4.69, 9.17) is 0 Å². The Kier molecular flexibility index (Phi) is 6.86. The van der Waals surface area contributed by atoms with Crippen molar-refractivity contribution in [2.24, 2.45) is 0 Å². The zero-order chi connectivity index (χ0) is 24.6. The minimum Gasteiger partial charge on any atom is -0.358 e. The van der Waals surface area contributed by atoms with E-state index >= 15 is 0 Å². The van der Waals surface area contributed by atoms with Crippen LogP contribution in [-0.4, -0.2) is 17.3 Å². The van der Waals surface area contributed by atoms with Gasteiger partial charge in [-0.1, -0.05) is 62.4 Å². The van der Waals surface area contributed by atoms with Gasteiger partial charge < -0.3 is 10.2 Å². The number of aryl methyl sites for hydroxylation is 1. The molecule has 8 heteroatoms. The number of hydrogen-bond donors (Lipinski definition) is 1. The standard InChI is InChI=1S/C25H26F6N2/c1-5-6-16(3)33-14-19-13-15(2)7-12-21(19)22(33)17(4)32-20-10-8-18(9-11-20)23(24(26,27)28)25(29,30)31/h7-13,22-23,32H,3-6,14H2,1-2H3. The van der Waals surface area contributed by atoms with Gasteiger partial charge in [0.15, 0.2) is 5.92 Å². The van der Waals surface area contributed by atoms with Gasteiger partial charge in [0.2, 0.25) is 0 Å². The third kappa shape index (κ3) is 5.37. The second-order valence-corrected chi connectivity index (χ2v) is 8.34. The highest BCUT2D eigenvalue weighted by Gasteiger charge is 2.57. The van der Waals surface area contributed by atoms with Crippen molar-refractivity contribution in [2.75, 3.05) is 5.32 Å². The van der Waals surface area contributed by atoms with Crippen molar-refractivity contribution in [2.45, 2.75) is 57.5 Å². The van der Waals surface area contributed by atoms with Crippen molar-refractivity contribution < 1.29 is 26.3 Å². The third-order valence-electron chi connectivity index (χ3n) is 5.72. The first-order valence-corrected chi connectivity index (χ1v) is 10.6. The quantitative estimate of drug-likeness (QED) is 0.414. The summed E-state index contributed by atoms with van der Waals surface area (Å²) in [4.78, 5) is 2.13. The fourth-order valence-corrected chi connectivity index (χ4v) is 4.26. The van der Waals surface area contributed by atoms with Crippen LogP contribution in [0.2, 0.25) is 0 Å². The van der Waals surface area contributed by atoms with Crippen LogP contribution in [0.15, 0.2) is 67.0 Å². The van der Waals surface area contributed by atoms with Gasteiger partial charge in [0.05, 0.1) is 6.04 Å². The second kappa shape index (κ2) is 9.15. The molecule has 1 aliphatic heterocycles. The molecule has 3 rings (SSSR count). The molecule has 2 aromatic carbocycles. The normalized spacial score (nSPS) is 16.2. The van der Waals surface area contributed by atoms with Crippen molar-refractivity contribution in [3.63, 3.8) is 0 Å². The van der Waals surface area contributed by atoms with Crippen LogP contribution in [0.3, 0.4) is 0 Å². The molecule has 0 saturated heterocycles. The first-order chi connectivity index (χ1) is 15.3. The van der Waals surface area contributed by atoms with E-state index in [0.717, 1.165) is 47.4 Å². The highest BCUT2D eigenvalue weighted by atomic mass is 19.4. The smallest absolute Gasteiger partial charge is 0.358 e. The Morgan fingerprint density at radius 2 is 1.64 bits per heavy atom. The van der Waals surface area contributed by atoms with Crippen LogP contribution in [0.25, 0.3) is 0 Å². The van der Waals surface area contributed by atoms with Crippen LogP contribution in [0.1, 0.15) is 54.0 Å². The molecule has 33 heavy (non-hydrogen) atoms. The zero-order valence-corrected chi connectivity index (χ0v) is 18.4. The lowest BCUT2D eigenvalue weighted by atomic mass is 9.97. The number of benzene rings is 2. The molecule has 1 aliphatic rings. The number of allylic oxidation sites excluding steroid dienone is 1. The van der Waals surface area contributed by atoms with Gasteiger partial charge in [0.1, 0.15) is 0 Å². The van der Waals surface area contributed by atoms with Crippen molar-refractivity contribution in [1.29, 1.82) is 0 Å². The predicted molar refractivity (Wildman–Crippen MR) is 118 cm³/mol. The van der Waals surface area contributed by atoms with E-state index in [1.165, 1.54) is 12.1 Å². The van der Waals surface area contributed by atoms with Crippen LogP contribution < -0.4 is 5.32 Å². The molecule has 1 unspecified atom stereocenters. The number of nitrogens with zero attached hydrogens (tertiary/aromatic N) is 1. The molecule has 0 saturated carbocycles. The van der Waals surface area contributed by atoms with Gasteiger partial charge in [-0.05, 0) is 42.2 Å². The van der Waals surface area contributed by atoms with Gasteiger partial charge in [0, 0.05) is 23.6 Å². The van der Waals surface area contributed by atoms with E-state index < -0.39 is 23.8 Å². The van der Waals surface area contributed by atoms with Crippen LogP contribution >= 0.6 is 0 Å². The maximum absolute atomic E-state index is 13.0. The molecular weight excluding hydrogens is 442 g/mol. The van der Waals surface area contributed by atoms with Crippen molar-refractivity contribution in [3.05, 3.63) is 89.3 Å².